The molecule has 0 atom stereocenters. The number of aromatic nitrogens is 2. The molecule has 0 amide bonds. The lowest BCUT2D eigenvalue weighted by molar-refractivity contribution is -0.385. The van der Waals surface area contributed by atoms with Crippen molar-refractivity contribution in [2.45, 2.75) is 20.3 Å². The first kappa shape index (κ1) is 30.3. The SMILES string of the molecule is CCOP(=O)(CN1CCN(CCCOc2cc3ncnc(Nc4cccc(Br)c4)c3cc2[N+](=O)[O-])CC1)OCC. The Labute approximate surface area is 241 Å². The summed E-state index contributed by atoms with van der Waals surface area (Å²) >= 11 is 3.44. The number of halogens is 1. The van der Waals surface area contributed by atoms with Crippen molar-refractivity contribution in [2.24, 2.45) is 0 Å². The second-order valence-electron chi connectivity index (χ2n) is 9.20. The molecule has 2 heterocycles. The maximum atomic E-state index is 12.8. The molecular weight excluding hydrogens is 603 g/mol. The van der Waals surface area contributed by atoms with Crippen LogP contribution < -0.4 is 10.1 Å². The Bertz CT molecular complexity index is 1350. The lowest BCUT2D eigenvalue weighted by Gasteiger charge is -2.35. The Morgan fingerprint density at radius 2 is 1.80 bits per heavy atom. The number of ether oxygens (including phenoxy) is 1. The standard InChI is InChI=1S/C26H34BrN6O6P/c1-3-38-40(36,39-4-2)19-32-12-10-31(11-13-32)9-6-14-37-25-17-23-22(16-24(25)33(34)35)26(29-18-28-23)30-21-8-5-7-20(27)15-21/h5,7-8,15-18H,3-4,6,9-14,19H2,1-2H3,(H,28,29,30). The number of rotatable bonds is 14. The fourth-order valence-electron chi connectivity index (χ4n) is 4.52. The first-order valence-corrected chi connectivity index (χ1v) is 15.7. The summed E-state index contributed by atoms with van der Waals surface area (Å²) in [5, 5.41) is 15.6. The average Bonchev–Trinajstić information content (AvgIpc) is 2.92. The van der Waals surface area contributed by atoms with Crippen LogP contribution in [-0.2, 0) is 13.6 Å². The van der Waals surface area contributed by atoms with E-state index >= 15 is 0 Å². The molecule has 0 aliphatic carbocycles. The molecule has 1 saturated heterocycles. The molecule has 4 rings (SSSR count). The van der Waals surface area contributed by atoms with Gasteiger partial charge in [-0.2, -0.15) is 0 Å². The Balaban J connectivity index is 1.33. The first-order valence-electron chi connectivity index (χ1n) is 13.2. The summed E-state index contributed by atoms with van der Waals surface area (Å²) in [5.41, 5.74) is 1.19. The van der Waals surface area contributed by atoms with E-state index in [1.165, 1.54) is 12.4 Å². The van der Waals surface area contributed by atoms with E-state index in [9.17, 15) is 14.7 Å². The largest absolute Gasteiger partial charge is 0.487 e. The molecular formula is C26H34BrN6O6P. The van der Waals surface area contributed by atoms with Gasteiger partial charge in [0.05, 0.1) is 35.6 Å². The molecule has 1 aliphatic rings. The van der Waals surface area contributed by atoms with Gasteiger partial charge in [0.25, 0.3) is 0 Å². The number of nitrogens with one attached hydrogen (secondary N) is 1. The molecule has 1 aliphatic heterocycles. The van der Waals surface area contributed by atoms with Crippen LogP contribution in [0.3, 0.4) is 0 Å². The lowest BCUT2D eigenvalue weighted by Crippen LogP contribution is -2.47. The average molecular weight is 637 g/mol. The van der Waals surface area contributed by atoms with Crippen molar-refractivity contribution < 1.29 is 23.3 Å². The number of nitro benzene ring substituents is 1. The van der Waals surface area contributed by atoms with Crippen molar-refractivity contribution in [3.63, 3.8) is 0 Å². The van der Waals surface area contributed by atoms with Crippen molar-refractivity contribution in [2.75, 3.05) is 64.1 Å². The molecule has 1 fully saturated rings. The first-order chi connectivity index (χ1) is 19.3. The summed E-state index contributed by atoms with van der Waals surface area (Å²) in [6.45, 7) is 8.59. The van der Waals surface area contributed by atoms with Gasteiger partial charge >= 0.3 is 13.3 Å². The Morgan fingerprint density at radius 3 is 2.48 bits per heavy atom. The van der Waals surface area contributed by atoms with Crippen LogP contribution in [0.4, 0.5) is 17.2 Å². The number of benzene rings is 2. The highest BCUT2D eigenvalue weighted by atomic mass is 79.9. The number of nitro groups is 1. The van der Waals surface area contributed by atoms with E-state index in [2.05, 4.69) is 41.0 Å². The Morgan fingerprint density at radius 1 is 1.07 bits per heavy atom. The van der Waals surface area contributed by atoms with Crippen LogP contribution in [0.15, 0.2) is 47.2 Å². The van der Waals surface area contributed by atoms with Gasteiger partial charge in [-0.25, -0.2) is 9.97 Å². The predicted molar refractivity (Wildman–Crippen MR) is 157 cm³/mol. The fraction of sp³-hybridized carbons (Fsp3) is 0.462. The van der Waals surface area contributed by atoms with Gasteiger partial charge in [0.15, 0.2) is 5.75 Å². The van der Waals surface area contributed by atoms with Gasteiger partial charge in [-0.3, -0.25) is 19.6 Å². The van der Waals surface area contributed by atoms with Crippen LogP contribution in [0, 0.1) is 10.1 Å². The normalized spacial score (nSPS) is 14.9. The van der Waals surface area contributed by atoms with Gasteiger partial charge in [-0.1, -0.05) is 22.0 Å². The van der Waals surface area contributed by atoms with E-state index in [4.69, 9.17) is 13.8 Å². The van der Waals surface area contributed by atoms with Crippen molar-refractivity contribution in [3.8, 4) is 5.75 Å². The van der Waals surface area contributed by atoms with Crippen molar-refractivity contribution in [3.05, 3.63) is 57.3 Å². The summed E-state index contributed by atoms with van der Waals surface area (Å²) in [4.78, 5) is 24.4. The van der Waals surface area contributed by atoms with E-state index in [-0.39, 0.29) is 11.4 Å². The third kappa shape index (κ3) is 8.18. The highest BCUT2D eigenvalue weighted by Crippen LogP contribution is 2.48. The van der Waals surface area contributed by atoms with E-state index < -0.39 is 12.5 Å². The molecule has 12 nitrogen and oxygen atoms in total. The highest BCUT2D eigenvalue weighted by Gasteiger charge is 2.29. The summed E-state index contributed by atoms with van der Waals surface area (Å²) < 4.78 is 30.4. The van der Waals surface area contributed by atoms with Crippen LogP contribution in [0.1, 0.15) is 20.3 Å². The molecule has 2 aromatic carbocycles. The van der Waals surface area contributed by atoms with E-state index in [0.717, 1.165) is 42.9 Å². The van der Waals surface area contributed by atoms with E-state index in [1.807, 2.05) is 38.1 Å². The molecule has 14 heteroatoms. The van der Waals surface area contributed by atoms with Crippen LogP contribution >= 0.6 is 23.5 Å². The molecule has 3 aromatic rings. The van der Waals surface area contributed by atoms with E-state index in [1.54, 1.807) is 6.07 Å². The predicted octanol–water partition coefficient (Wildman–Crippen LogP) is 5.65. The molecule has 1 aromatic heterocycles. The zero-order chi connectivity index (χ0) is 28.5. The number of anilines is 2. The number of hydrogen-bond acceptors (Lipinski definition) is 11. The summed E-state index contributed by atoms with van der Waals surface area (Å²) in [5.74, 6) is 0.646. The quantitative estimate of drug-likeness (QED) is 0.102. The third-order valence-corrected chi connectivity index (χ3v) is 8.91. The lowest BCUT2D eigenvalue weighted by atomic mass is 10.2. The van der Waals surface area contributed by atoms with Gasteiger partial charge in [-0.15, -0.1) is 0 Å². The van der Waals surface area contributed by atoms with Gasteiger partial charge < -0.3 is 24.0 Å². The van der Waals surface area contributed by atoms with Crippen LogP contribution in [0.25, 0.3) is 10.9 Å². The number of hydrogen-bond donors (Lipinski definition) is 1. The minimum Gasteiger partial charge on any atom is -0.487 e. The maximum absolute atomic E-state index is 12.8. The highest BCUT2D eigenvalue weighted by molar-refractivity contribution is 9.10. The van der Waals surface area contributed by atoms with E-state index in [0.29, 0.717) is 49.2 Å². The van der Waals surface area contributed by atoms with Crippen LogP contribution in [0.2, 0.25) is 0 Å². The molecule has 0 bridgehead atoms. The minimum absolute atomic E-state index is 0.138. The molecule has 0 saturated carbocycles. The van der Waals surface area contributed by atoms with Crippen LogP contribution in [-0.4, -0.2) is 83.5 Å². The smallest absolute Gasteiger partial charge is 0.344 e. The fourth-order valence-corrected chi connectivity index (χ4v) is 6.71. The summed E-state index contributed by atoms with van der Waals surface area (Å²) in [6.07, 6.45) is 2.41. The van der Waals surface area contributed by atoms with Crippen molar-refractivity contribution in [1.82, 2.24) is 19.8 Å². The number of fused-ring (bicyclic) bond motifs is 1. The second kappa shape index (κ2) is 14.3. The second-order valence-corrected chi connectivity index (χ2v) is 12.1. The van der Waals surface area contributed by atoms with Crippen molar-refractivity contribution >= 4 is 51.6 Å². The topological polar surface area (TPSA) is 132 Å². The Hall–Kier alpha value is -2.67. The van der Waals surface area contributed by atoms with Crippen LogP contribution in [0.5, 0.6) is 5.75 Å². The third-order valence-electron chi connectivity index (χ3n) is 6.37. The molecule has 0 unspecified atom stereocenters. The minimum atomic E-state index is -3.10. The van der Waals surface area contributed by atoms with Gasteiger partial charge in [0.1, 0.15) is 18.4 Å². The van der Waals surface area contributed by atoms with Gasteiger partial charge in [0.2, 0.25) is 0 Å². The monoisotopic (exact) mass is 636 g/mol. The zero-order valence-corrected chi connectivity index (χ0v) is 25.1. The maximum Gasteiger partial charge on any atom is 0.344 e. The molecule has 40 heavy (non-hydrogen) atoms. The van der Waals surface area contributed by atoms with Gasteiger partial charge in [-0.05, 0) is 38.5 Å². The Kier molecular flexibility index (Phi) is 10.8. The molecule has 1 N–H and O–H groups in total. The zero-order valence-electron chi connectivity index (χ0n) is 22.6. The summed E-state index contributed by atoms with van der Waals surface area (Å²) in [7, 11) is -3.10. The number of nitrogens with zero attached hydrogens (tertiary/aromatic N) is 5. The van der Waals surface area contributed by atoms with Crippen molar-refractivity contribution in [1.29, 1.82) is 0 Å². The molecule has 0 spiro atoms. The molecule has 216 valence electrons. The molecule has 0 radical (unpaired) electrons. The van der Waals surface area contributed by atoms with Gasteiger partial charge in [0, 0.05) is 55.0 Å². The number of piperazine rings is 1. The summed E-state index contributed by atoms with van der Waals surface area (Å²) in [6, 6.07) is 10.6.